The second kappa shape index (κ2) is 9.46. The van der Waals surface area contributed by atoms with Crippen LogP contribution >= 0.6 is 0 Å². The van der Waals surface area contributed by atoms with Gasteiger partial charge in [-0.3, -0.25) is 15.0 Å². The summed E-state index contributed by atoms with van der Waals surface area (Å²) in [7, 11) is 0. The molecule has 196 valence electrons. The maximum Gasteiger partial charge on any atom is 0.417 e. The second-order valence-corrected chi connectivity index (χ2v) is 10.1. The number of aryl methyl sites for hydroxylation is 2. The highest BCUT2D eigenvalue weighted by atomic mass is 19.4. The number of hydrogen-bond donors (Lipinski definition) is 1. The van der Waals surface area contributed by atoms with Gasteiger partial charge in [-0.1, -0.05) is 0 Å². The molecule has 38 heavy (non-hydrogen) atoms. The number of nitrogens with zero attached hydrogens (tertiary/aromatic N) is 7. The van der Waals surface area contributed by atoms with E-state index in [0.717, 1.165) is 65.9 Å². The highest BCUT2D eigenvalue weighted by Gasteiger charge is 2.45. The fraction of sp³-hybridized carbons (Fsp3) is 0.370. The SMILES string of the molecule is Cc1cc(Cc2cc(C)[nH]n2)nc(-c2ccc(N3CC4CC(C3)N4Cc3ccc(C(F)(F)F)cn3)nc2)n1. The van der Waals surface area contributed by atoms with E-state index < -0.39 is 11.7 Å². The Kier molecular flexibility index (Phi) is 6.10. The van der Waals surface area contributed by atoms with Crippen molar-refractivity contribution in [1.82, 2.24) is 35.0 Å². The number of piperidine rings is 1. The molecule has 4 aromatic heterocycles. The summed E-state index contributed by atoms with van der Waals surface area (Å²) in [5.74, 6) is 1.54. The van der Waals surface area contributed by atoms with Crippen LogP contribution in [0.3, 0.4) is 0 Å². The topological polar surface area (TPSA) is 86.7 Å². The molecule has 3 aliphatic rings. The van der Waals surface area contributed by atoms with Crippen molar-refractivity contribution < 1.29 is 13.2 Å². The van der Waals surface area contributed by atoms with Gasteiger partial charge >= 0.3 is 6.18 Å². The van der Waals surface area contributed by atoms with E-state index in [-0.39, 0.29) is 0 Å². The third-order valence-corrected chi connectivity index (χ3v) is 7.20. The molecule has 2 atom stereocenters. The molecule has 2 bridgehead atoms. The molecular formula is C27H27F3N8. The zero-order valence-corrected chi connectivity index (χ0v) is 21.1. The quantitative estimate of drug-likeness (QED) is 0.405. The number of aromatic nitrogens is 6. The van der Waals surface area contributed by atoms with Crippen LogP contribution in [0.1, 0.15) is 40.5 Å². The number of nitrogens with one attached hydrogen (secondary N) is 1. The van der Waals surface area contributed by atoms with E-state index in [9.17, 15) is 13.2 Å². The predicted octanol–water partition coefficient (Wildman–Crippen LogP) is 4.35. The van der Waals surface area contributed by atoms with Crippen LogP contribution < -0.4 is 4.90 Å². The van der Waals surface area contributed by atoms with Crippen LogP contribution in [-0.2, 0) is 19.1 Å². The summed E-state index contributed by atoms with van der Waals surface area (Å²) in [6.45, 7) is 6.12. The van der Waals surface area contributed by atoms with E-state index >= 15 is 0 Å². The summed E-state index contributed by atoms with van der Waals surface area (Å²) in [5, 5.41) is 7.27. The average molecular weight is 521 g/mol. The number of piperazine rings is 1. The Labute approximate surface area is 218 Å². The zero-order chi connectivity index (χ0) is 26.4. The molecule has 0 radical (unpaired) electrons. The molecule has 7 heterocycles. The number of halogens is 3. The van der Waals surface area contributed by atoms with Crippen molar-refractivity contribution in [1.29, 1.82) is 0 Å². The van der Waals surface area contributed by atoms with Crippen LogP contribution in [-0.4, -0.2) is 60.2 Å². The van der Waals surface area contributed by atoms with Crippen LogP contribution in [0.15, 0.2) is 48.8 Å². The van der Waals surface area contributed by atoms with Crippen LogP contribution in [0.25, 0.3) is 11.4 Å². The molecule has 1 N–H and O–H groups in total. The zero-order valence-electron chi connectivity index (χ0n) is 21.1. The molecule has 0 saturated carbocycles. The monoisotopic (exact) mass is 520 g/mol. The van der Waals surface area contributed by atoms with Gasteiger partial charge in [0.1, 0.15) is 5.82 Å². The van der Waals surface area contributed by atoms with Crippen molar-refractivity contribution in [2.75, 3.05) is 18.0 Å². The Hall–Kier alpha value is -3.86. The number of hydrogen-bond acceptors (Lipinski definition) is 7. The lowest BCUT2D eigenvalue weighted by molar-refractivity contribution is -0.137. The fourth-order valence-electron chi connectivity index (χ4n) is 5.31. The number of fused-ring (bicyclic) bond motifs is 2. The largest absolute Gasteiger partial charge is 0.417 e. The number of alkyl halides is 3. The summed E-state index contributed by atoms with van der Waals surface area (Å²) in [6.07, 6.45) is 0.0686. The van der Waals surface area contributed by atoms with Crippen LogP contribution in [0.5, 0.6) is 0 Å². The van der Waals surface area contributed by atoms with E-state index in [1.165, 1.54) is 6.07 Å². The van der Waals surface area contributed by atoms with Crippen molar-refractivity contribution >= 4 is 5.82 Å². The Balaban J connectivity index is 1.10. The van der Waals surface area contributed by atoms with Crippen molar-refractivity contribution in [2.45, 2.75) is 51.5 Å². The first kappa shape index (κ1) is 24.5. The summed E-state index contributed by atoms with van der Waals surface area (Å²) in [4.78, 5) is 22.7. The van der Waals surface area contributed by atoms with Gasteiger partial charge in [0.2, 0.25) is 0 Å². The normalized spacial score (nSPS) is 19.4. The van der Waals surface area contributed by atoms with E-state index in [1.54, 1.807) is 0 Å². The minimum atomic E-state index is -4.37. The average Bonchev–Trinajstić information content (AvgIpc) is 3.31. The minimum Gasteiger partial charge on any atom is -0.353 e. The second-order valence-electron chi connectivity index (χ2n) is 10.1. The minimum absolute atomic E-state index is 0.327. The first-order valence-corrected chi connectivity index (χ1v) is 12.6. The molecule has 2 unspecified atom stereocenters. The molecule has 0 amide bonds. The summed E-state index contributed by atoms with van der Waals surface area (Å²) in [5.41, 5.74) is 4.54. The lowest BCUT2D eigenvalue weighted by atomic mass is 9.87. The van der Waals surface area contributed by atoms with Gasteiger partial charge in [0.05, 0.1) is 22.6 Å². The van der Waals surface area contributed by atoms with E-state index in [2.05, 4.69) is 30.0 Å². The van der Waals surface area contributed by atoms with Crippen molar-refractivity contribution in [3.05, 3.63) is 82.8 Å². The fourth-order valence-corrected chi connectivity index (χ4v) is 5.31. The number of H-pyrrole nitrogens is 1. The Morgan fingerprint density at radius 1 is 0.921 bits per heavy atom. The Morgan fingerprint density at radius 2 is 1.74 bits per heavy atom. The maximum atomic E-state index is 12.8. The van der Waals surface area contributed by atoms with Gasteiger partial charge in [-0.2, -0.15) is 18.3 Å². The molecule has 7 rings (SSSR count). The molecular weight excluding hydrogens is 493 g/mol. The molecule has 3 fully saturated rings. The van der Waals surface area contributed by atoms with Gasteiger partial charge in [0.25, 0.3) is 0 Å². The van der Waals surface area contributed by atoms with Gasteiger partial charge in [-0.15, -0.1) is 0 Å². The third kappa shape index (κ3) is 4.98. The summed E-state index contributed by atoms with van der Waals surface area (Å²) < 4.78 is 38.5. The summed E-state index contributed by atoms with van der Waals surface area (Å²) >= 11 is 0. The van der Waals surface area contributed by atoms with Crippen molar-refractivity contribution in [3.8, 4) is 11.4 Å². The smallest absolute Gasteiger partial charge is 0.353 e. The lowest BCUT2D eigenvalue weighted by Gasteiger charge is -2.56. The first-order valence-electron chi connectivity index (χ1n) is 12.6. The van der Waals surface area contributed by atoms with Crippen LogP contribution in [0, 0.1) is 13.8 Å². The lowest BCUT2D eigenvalue weighted by Crippen LogP contribution is -2.68. The molecule has 0 aromatic carbocycles. The number of anilines is 1. The maximum absolute atomic E-state index is 12.8. The Morgan fingerprint density at radius 3 is 2.37 bits per heavy atom. The van der Waals surface area contributed by atoms with Gasteiger partial charge in [0, 0.05) is 67.5 Å². The molecule has 4 aromatic rings. The highest BCUT2D eigenvalue weighted by Crippen LogP contribution is 2.36. The molecule has 3 saturated heterocycles. The molecule has 0 aliphatic carbocycles. The van der Waals surface area contributed by atoms with Gasteiger partial charge < -0.3 is 4.90 Å². The summed E-state index contributed by atoms with van der Waals surface area (Å²) in [6, 6.07) is 11.2. The van der Waals surface area contributed by atoms with Crippen molar-refractivity contribution in [3.63, 3.8) is 0 Å². The van der Waals surface area contributed by atoms with Gasteiger partial charge in [-0.25, -0.2) is 15.0 Å². The molecule has 8 nitrogen and oxygen atoms in total. The van der Waals surface area contributed by atoms with E-state index in [1.807, 2.05) is 44.3 Å². The predicted molar refractivity (Wildman–Crippen MR) is 135 cm³/mol. The first-order chi connectivity index (χ1) is 18.2. The standard InChI is InChI=1S/C27H27F3N8/c1-16-7-21(9-22-8-17(2)35-36-22)34-26(33-16)18-3-6-25(32-11-18)37-14-23-10-24(15-37)38(23)13-20-5-4-19(12-31-20)27(28,29)30/h3-8,11-12,23-24H,9-10,13-15H2,1-2H3,(H,35,36). The molecule has 3 aliphatic heterocycles. The molecule has 0 spiro atoms. The van der Waals surface area contributed by atoms with E-state index in [4.69, 9.17) is 9.97 Å². The molecule has 11 heteroatoms. The highest BCUT2D eigenvalue weighted by molar-refractivity contribution is 5.57. The van der Waals surface area contributed by atoms with Gasteiger partial charge in [0.15, 0.2) is 5.82 Å². The van der Waals surface area contributed by atoms with Gasteiger partial charge in [-0.05, 0) is 56.7 Å². The number of rotatable bonds is 6. The van der Waals surface area contributed by atoms with Crippen LogP contribution in [0.2, 0.25) is 0 Å². The number of pyridine rings is 2. The number of aromatic amines is 1. The van der Waals surface area contributed by atoms with Crippen LogP contribution in [0.4, 0.5) is 19.0 Å². The Bertz CT molecular complexity index is 1420. The third-order valence-electron chi connectivity index (χ3n) is 7.20. The van der Waals surface area contributed by atoms with Crippen molar-refractivity contribution in [2.24, 2.45) is 0 Å². The van der Waals surface area contributed by atoms with E-state index in [0.29, 0.717) is 36.6 Å².